The molecule has 4 N–H and O–H groups in total. The number of nitrogens with two attached hydrogens (primary N) is 1. The highest BCUT2D eigenvalue weighted by Crippen LogP contribution is 2.26. The molecule has 0 aliphatic heterocycles. The van der Waals surface area contributed by atoms with Gasteiger partial charge in [-0.3, -0.25) is 10.1 Å². The molecule has 1 rings (SSSR count). The van der Waals surface area contributed by atoms with Crippen molar-refractivity contribution in [2.75, 3.05) is 17.7 Å². The molecule has 1 aromatic rings. The Bertz CT molecular complexity index is 423. The van der Waals surface area contributed by atoms with Gasteiger partial charge in [-0.05, 0) is 20.3 Å². The first-order valence-electron chi connectivity index (χ1n) is 5.11. The highest BCUT2D eigenvalue weighted by molar-refractivity contribution is 5.60. The molecule has 94 valence electrons. The molecule has 0 bridgehead atoms. The van der Waals surface area contributed by atoms with Crippen LogP contribution in [0.3, 0.4) is 0 Å². The van der Waals surface area contributed by atoms with Gasteiger partial charge in [-0.15, -0.1) is 0 Å². The second-order valence-electron chi connectivity index (χ2n) is 3.68. The Hall–Kier alpha value is -1.96. The summed E-state index contributed by atoms with van der Waals surface area (Å²) in [4.78, 5) is 17.9. The number of hydrogen-bond acceptors (Lipinski definition) is 7. The van der Waals surface area contributed by atoms with Crippen LogP contribution in [0.5, 0.6) is 0 Å². The molecule has 1 unspecified atom stereocenters. The quantitative estimate of drug-likeness (QED) is 0.504. The lowest BCUT2D eigenvalue weighted by atomic mass is 10.2. The minimum Gasteiger partial charge on any atom is -0.396 e. The Kier molecular flexibility index (Phi) is 4.16. The summed E-state index contributed by atoms with van der Waals surface area (Å²) in [6.45, 7) is 3.27. The van der Waals surface area contributed by atoms with Crippen molar-refractivity contribution in [2.24, 2.45) is 0 Å². The van der Waals surface area contributed by atoms with Crippen LogP contribution in [0.1, 0.15) is 19.0 Å². The molecule has 0 spiro atoms. The van der Waals surface area contributed by atoms with Gasteiger partial charge in [0.1, 0.15) is 5.69 Å². The molecule has 0 radical (unpaired) electrons. The number of aliphatic hydroxyl groups is 1. The van der Waals surface area contributed by atoms with Gasteiger partial charge in [0.25, 0.3) is 0 Å². The standard InChI is InChI=1S/C9H15N5O3/c1-5(3-4-15)11-8-7(14(16)17)6(2)12-9(10)13-8/h5,15H,3-4H2,1-2H3,(H3,10,11,12,13). The summed E-state index contributed by atoms with van der Waals surface area (Å²) in [5, 5.41) is 22.5. The third-order valence-electron chi connectivity index (χ3n) is 2.20. The SMILES string of the molecule is Cc1nc(N)nc(NC(C)CCO)c1[N+](=O)[O-]. The van der Waals surface area contributed by atoms with Crippen LogP contribution in [0.4, 0.5) is 17.5 Å². The lowest BCUT2D eigenvalue weighted by molar-refractivity contribution is -0.385. The summed E-state index contributed by atoms with van der Waals surface area (Å²) in [6, 6.07) is -0.146. The summed E-state index contributed by atoms with van der Waals surface area (Å²) in [6.07, 6.45) is 0.458. The molecule has 1 aromatic heterocycles. The Morgan fingerprint density at radius 3 is 2.76 bits per heavy atom. The smallest absolute Gasteiger partial charge is 0.332 e. The molecular formula is C9H15N5O3. The molecule has 1 heterocycles. The Morgan fingerprint density at radius 1 is 1.59 bits per heavy atom. The van der Waals surface area contributed by atoms with Crippen LogP contribution < -0.4 is 11.1 Å². The van der Waals surface area contributed by atoms with E-state index in [1.165, 1.54) is 6.92 Å². The zero-order valence-corrected chi connectivity index (χ0v) is 9.67. The van der Waals surface area contributed by atoms with E-state index in [2.05, 4.69) is 15.3 Å². The fourth-order valence-corrected chi connectivity index (χ4v) is 1.41. The number of nitrogens with zero attached hydrogens (tertiary/aromatic N) is 3. The van der Waals surface area contributed by atoms with Gasteiger partial charge in [-0.25, -0.2) is 4.98 Å². The van der Waals surface area contributed by atoms with Crippen LogP contribution in [0.2, 0.25) is 0 Å². The van der Waals surface area contributed by atoms with Gasteiger partial charge in [0, 0.05) is 12.6 Å². The molecule has 0 aliphatic rings. The number of hydrogen-bond donors (Lipinski definition) is 3. The number of rotatable bonds is 5. The maximum Gasteiger partial charge on any atom is 0.332 e. The van der Waals surface area contributed by atoms with Crippen molar-refractivity contribution < 1.29 is 10.0 Å². The van der Waals surface area contributed by atoms with E-state index in [0.29, 0.717) is 6.42 Å². The third-order valence-corrected chi connectivity index (χ3v) is 2.20. The van der Waals surface area contributed by atoms with E-state index in [9.17, 15) is 10.1 Å². The average molecular weight is 241 g/mol. The Labute approximate surface area is 98.0 Å². The lowest BCUT2D eigenvalue weighted by Crippen LogP contribution is -2.19. The predicted molar refractivity (Wildman–Crippen MR) is 62.6 cm³/mol. The second-order valence-corrected chi connectivity index (χ2v) is 3.68. The van der Waals surface area contributed by atoms with E-state index in [1.807, 2.05) is 0 Å². The van der Waals surface area contributed by atoms with Gasteiger partial charge in [-0.1, -0.05) is 0 Å². The van der Waals surface area contributed by atoms with Crippen molar-refractivity contribution >= 4 is 17.5 Å². The van der Waals surface area contributed by atoms with E-state index in [-0.39, 0.29) is 35.8 Å². The number of nitrogen functional groups attached to an aromatic ring is 1. The molecule has 17 heavy (non-hydrogen) atoms. The fourth-order valence-electron chi connectivity index (χ4n) is 1.41. The van der Waals surface area contributed by atoms with E-state index < -0.39 is 4.92 Å². The van der Waals surface area contributed by atoms with E-state index in [4.69, 9.17) is 10.8 Å². The summed E-state index contributed by atoms with van der Waals surface area (Å²) in [5.41, 5.74) is 5.46. The Balaban J connectivity index is 3.08. The van der Waals surface area contributed by atoms with Gasteiger partial charge in [0.15, 0.2) is 0 Å². The van der Waals surface area contributed by atoms with Crippen LogP contribution in [0.15, 0.2) is 0 Å². The highest BCUT2D eigenvalue weighted by Gasteiger charge is 2.22. The minimum absolute atomic E-state index is 0.0124. The van der Waals surface area contributed by atoms with Crippen molar-refractivity contribution in [3.8, 4) is 0 Å². The van der Waals surface area contributed by atoms with Crippen LogP contribution in [-0.2, 0) is 0 Å². The summed E-state index contributed by atoms with van der Waals surface area (Å²) < 4.78 is 0. The molecule has 0 saturated heterocycles. The number of nitro groups is 1. The van der Waals surface area contributed by atoms with Gasteiger partial charge in [-0.2, -0.15) is 4.98 Å². The maximum absolute atomic E-state index is 10.9. The van der Waals surface area contributed by atoms with Crippen molar-refractivity contribution in [2.45, 2.75) is 26.3 Å². The molecular weight excluding hydrogens is 226 g/mol. The van der Waals surface area contributed by atoms with Crippen LogP contribution in [0.25, 0.3) is 0 Å². The monoisotopic (exact) mass is 241 g/mol. The molecule has 0 amide bonds. The van der Waals surface area contributed by atoms with Crippen LogP contribution in [0, 0.1) is 17.0 Å². The summed E-state index contributed by atoms with van der Waals surface area (Å²) >= 11 is 0. The Morgan fingerprint density at radius 2 is 2.24 bits per heavy atom. The molecule has 0 aliphatic carbocycles. The number of aliphatic hydroxyl groups excluding tert-OH is 1. The first-order chi connectivity index (χ1) is 7.95. The predicted octanol–water partition coefficient (Wildman–Crippen LogP) is 0.458. The van der Waals surface area contributed by atoms with Crippen molar-refractivity contribution in [1.82, 2.24) is 9.97 Å². The largest absolute Gasteiger partial charge is 0.396 e. The van der Waals surface area contributed by atoms with E-state index in [0.717, 1.165) is 0 Å². The van der Waals surface area contributed by atoms with Gasteiger partial charge in [0.2, 0.25) is 11.8 Å². The normalized spacial score (nSPS) is 12.2. The first-order valence-corrected chi connectivity index (χ1v) is 5.11. The molecule has 0 saturated carbocycles. The molecule has 1 atom stereocenters. The molecule has 8 heteroatoms. The zero-order chi connectivity index (χ0) is 13.0. The fraction of sp³-hybridized carbons (Fsp3) is 0.556. The van der Waals surface area contributed by atoms with Gasteiger partial charge in [0.05, 0.1) is 4.92 Å². The van der Waals surface area contributed by atoms with Crippen LogP contribution >= 0.6 is 0 Å². The summed E-state index contributed by atoms with van der Waals surface area (Å²) in [5.74, 6) is 0.0627. The van der Waals surface area contributed by atoms with E-state index >= 15 is 0 Å². The van der Waals surface area contributed by atoms with Crippen molar-refractivity contribution in [3.63, 3.8) is 0 Å². The zero-order valence-electron chi connectivity index (χ0n) is 9.67. The van der Waals surface area contributed by atoms with Crippen molar-refractivity contribution in [1.29, 1.82) is 0 Å². The number of nitrogens with one attached hydrogen (secondary N) is 1. The average Bonchev–Trinajstić information content (AvgIpc) is 2.15. The van der Waals surface area contributed by atoms with Crippen LogP contribution in [-0.4, -0.2) is 32.6 Å². The lowest BCUT2D eigenvalue weighted by Gasteiger charge is -2.13. The minimum atomic E-state index is -0.553. The van der Waals surface area contributed by atoms with E-state index in [1.54, 1.807) is 6.92 Å². The second kappa shape index (κ2) is 5.39. The first kappa shape index (κ1) is 13.1. The molecule has 8 nitrogen and oxygen atoms in total. The van der Waals surface area contributed by atoms with Gasteiger partial charge >= 0.3 is 5.69 Å². The number of aryl methyl sites for hydroxylation is 1. The topological polar surface area (TPSA) is 127 Å². The van der Waals surface area contributed by atoms with Crippen molar-refractivity contribution in [3.05, 3.63) is 15.8 Å². The third kappa shape index (κ3) is 3.25. The molecule has 0 aromatic carbocycles. The van der Waals surface area contributed by atoms with Gasteiger partial charge < -0.3 is 16.2 Å². The molecule has 0 fully saturated rings. The summed E-state index contributed by atoms with van der Waals surface area (Å²) in [7, 11) is 0. The number of aromatic nitrogens is 2. The highest BCUT2D eigenvalue weighted by atomic mass is 16.6. The maximum atomic E-state index is 10.9. The number of anilines is 2.